The van der Waals surface area contributed by atoms with Gasteiger partial charge in [0, 0.05) is 10.3 Å². The van der Waals surface area contributed by atoms with Crippen molar-refractivity contribution in [2.45, 2.75) is 6.18 Å². The van der Waals surface area contributed by atoms with E-state index in [9.17, 15) is 18.3 Å². The van der Waals surface area contributed by atoms with Crippen molar-refractivity contribution in [3.63, 3.8) is 0 Å². The lowest BCUT2D eigenvalue weighted by Crippen LogP contribution is -2.27. The summed E-state index contributed by atoms with van der Waals surface area (Å²) in [7, 11) is 0. The summed E-state index contributed by atoms with van der Waals surface area (Å²) in [5.74, 6) is -0.312. The summed E-state index contributed by atoms with van der Waals surface area (Å²) < 4.78 is 40.4. The van der Waals surface area contributed by atoms with E-state index in [1.54, 1.807) is 24.3 Å². The van der Waals surface area contributed by atoms with Crippen LogP contribution in [0, 0.1) is 0 Å². The lowest BCUT2D eigenvalue weighted by Gasteiger charge is -2.05. The molecule has 25 heavy (non-hydrogen) atoms. The number of aromatic hydroxyl groups is 1. The van der Waals surface area contributed by atoms with Gasteiger partial charge in [-0.3, -0.25) is 0 Å². The van der Waals surface area contributed by atoms with Gasteiger partial charge in [-0.05, 0) is 36.4 Å². The highest BCUT2D eigenvalue weighted by Crippen LogP contribution is 2.30. The van der Waals surface area contributed by atoms with Gasteiger partial charge in [0.1, 0.15) is 11.2 Å². The molecule has 0 saturated heterocycles. The number of hydrogen-bond donors (Lipinski definition) is 1. The largest absolute Gasteiger partial charge is 0.870 e. The number of para-hydroxylation sites is 1. The van der Waals surface area contributed by atoms with Gasteiger partial charge in [0.2, 0.25) is 0 Å². The van der Waals surface area contributed by atoms with E-state index in [4.69, 9.17) is 0 Å². The van der Waals surface area contributed by atoms with E-state index in [2.05, 4.69) is 15.4 Å². The molecule has 10 heteroatoms. The lowest BCUT2D eigenvalue weighted by atomic mass is 10.2. The molecule has 4 aromatic rings. The van der Waals surface area contributed by atoms with Crippen LogP contribution >= 0.6 is 0 Å². The maximum absolute atomic E-state index is 12.6. The van der Waals surface area contributed by atoms with E-state index >= 15 is 0 Å². The van der Waals surface area contributed by atoms with Crippen molar-refractivity contribution in [2.75, 3.05) is 0 Å². The highest BCUT2D eigenvalue weighted by atomic mass is 19.4. The minimum atomic E-state index is -4.42. The SMILES string of the molecule is Oc1c2nnc3ccccc3[n+]2nn1-c1ccc(C(F)(F)F)cc1.[OH-]. The Morgan fingerprint density at radius 1 is 0.960 bits per heavy atom. The molecule has 0 fully saturated rings. The van der Waals surface area contributed by atoms with Crippen molar-refractivity contribution in [2.24, 2.45) is 0 Å². The van der Waals surface area contributed by atoms with Crippen molar-refractivity contribution in [3.8, 4) is 11.6 Å². The Balaban J connectivity index is 0.00000182. The fourth-order valence-corrected chi connectivity index (χ4v) is 2.41. The average molecular weight is 349 g/mol. The summed E-state index contributed by atoms with van der Waals surface area (Å²) in [5, 5.41) is 22.4. The second-order valence-corrected chi connectivity index (χ2v) is 5.09. The van der Waals surface area contributed by atoms with Crippen LogP contribution < -0.4 is 4.52 Å². The van der Waals surface area contributed by atoms with E-state index in [0.29, 0.717) is 11.0 Å². The summed E-state index contributed by atoms with van der Waals surface area (Å²) in [6, 6.07) is 11.4. The van der Waals surface area contributed by atoms with Crippen LogP contribution in [-0.4, -0.2) is 30.7 Å². The van der Waals surface area contributed by atoms with Gasteiger partial charge < -0.3 is 10.6 Å². The van der Waals surface area contributed by atoms with Gasteiger partial charge in [-0.25, -0.2) is 0 Å². The maximum Gasteiger partial charge on any atom is 0.416 e. The van der Waals surface area contributed by atoms with Crippen LogP contribution in [0.1, 0.15) is 5.56 Å². The van der Waals surface area contributed by atoms with E-state index in [0.717, 1.165) is 16.8 Å². The number of aromatic nitrogens is 5. The molecule has 0 atom stereocenters. The lowest BCUT2D eigenvalue weighted by molar-refractivity contribution is -0.558. The van der Waals surface area contributed by atoms with Crippen LogP contribution in [0.3, 0.4) is 0 Å². The van der Waals surface area contributed by atoms with Gasteiger partial charge in [-0.15, -0.1) is 0 Å². The van der Waals surface area contributed by atoms with Crippen molar-refractivity contribution in [1.82, 2.24) is 20.1 Å². The van der Waals surface area contributed by atoms with Crippen molar-refractivity contribution in [3.05, 3.63) is 54.1 Å². The predicted octanol–water partition coefficient (Wildman–Crippen LogP) is 2.10. The first kappa shape index (κ1) is 16.6. The summed E-state index contributed by atoms with van der Waals surface area (Å²) in [6.45, 7) is 0. The standard InChI is InChI=1S/C15H8F3N5O.H2O/c16-15(17,18)9-5-7-10(8-6-9)22-14(24)13-20-19-11-3-1-2-4-12(11)23(13)21-22;/h1-8H;1H2. The molecule has 7 nitrogen and oxygen atoms in total. The third-order valence-electron chi connectivity index (χ3n) is 3.58. The van der Waals surface area contributed by atoms with Crippen LogP contribution in [-0.2, 0) is 6.18 Å². The number of rotatable bonds is 1. The molecule has 0 bridgehead atoms. The first-order valence-corrected chi connectivity index (χ1v) is 6.88. The summed E-state index contributed by atoms with van der Waals surface area (Å²) in [6.07, 6.45) is -4.42. The molecule has 2 aromatic carbocycles. The zero-order valence-corrected chi connectivity index (χ0v) is 12.4. The van der Waals surface area contributed by atoms with Gasteiger partial charge >= 0.3 is 17.7 Å². The van der Waals surface area contributed by atoms with Gasteiger partial charge in [-0.2, -0.15) is 13.2 Å². The molecular weight excluding hydrogens is 339 g/mol. The summed E-state index contributed by atoms with van der Waals surface area (Å²) in [4.78, 5) is 0. The molecule has 0 amide bonds. The first-order chi connectivity index (χ1) is 11.4. The monoisotopic (exact) mass is 349 g/mol. The van der Waals surface area contributed by atoms with Gasteiger partial charge in [0.05, 0.1) is 5.56 Å². The minimum absolute atomic E-state index is 0. The molecule has 2 N–H and O–H groups in total. The Morgan fingerprint density at radius 2 is 1.64 bits per heavy atom. The number of hydrogen-bond acceptors (Lipinski definition) is 5. The molecule has 0 aliphatic heterocycles. The third kappa shape index (κ3) is 2.62. The molecule has 0 aliphatic carbocycles. The Hall–Kier alpha value is -3.27. The van der Waals surface area contributed by atoms with Crippen LogP contribution in [0.25, 0.3) is 22.4 Å². The number of nitrogens with zero attached hydrogens (tertiary/aromatic N) is 5. The number of alkyl halides is 3. The highest BCUT2D eigenvalue weighted by Gasteiger charge is 2.31. The molecule has 0 radical (unpaired) electrons. The smallest absolute Gasteiger partial charge is 0.416 e. The van der Waals surface area contributed by atoms with Crippen molar-refractivity contribution < 1.29 is 28.3 Å². The second-order valence-electron chi connectivity index (χ2n) is 5.09. The molecule has 2 heterocycles. The molecule has 2 aromatic heterocycles. The van der Waals surface area contributed by atoms with E-state index in [1.165, 1.54) is 16.6 Å². The highest BCUT2D eigenvalue weighted by molar-refractivity contribution is 5.71. The first-order valence-electron chi connectivity index (χ1n) is 6.88. The minimum Gasteiger partial charge on any atom is -0.870 e. The fourth-order valence-electron chi connectivity index (χ4n) is 2.41. The topological polar surface area (TPSA) is 97.9 Å². The maximum atomic E-state index is 12.6. The number of halogens is 3. The van der Waals surface area contributed by atoms with Gasteiger partial charge in [0.25, 0.3) is 0 Å². The fraction of sp³-hybridized carbons (Fsp3) is 0.0667. The van der Waals surface area contributed by atoms with Crippen LogP contribution in [0.4, 0.5) is 13.2 Å². The molecular formula is C15H10F3N5O2. The van der Waals surface area contributed by atoms with Crippen molar-refractivity contribution in [1.29, 1.82) is 0 Å². The molecule has 0 spiro atoms. The van der Waals surface area contributed by atoms with Gasteiger partial charge in [-0.1, -0.05) is 26.4 Å². The Labute approximate surface area is 137 Å². The van der Waals surface area contributed by atoms with Crippen molar-refractivity contribution >= 4 is 16.7 Å². The Bertz CT molecular complexity index is 1060. The summed E-state index contributed by atoms with van der Waals surface area (Å²) in [5.41, 5.74) is 0.791. The molecule has 0 aliphatic rings. The normalized spacial score (nSPS) is 11.6. The number of benzene rings is 2. The Kier molecular flexibility index (Phi) is 3.76. The van der Waals surface area contributed by atoms with Crippen LogP contribution in [0.15, 0.2) is 48.5 Å². The zero-order chi connectivity index (χ0) is 16.9. The second kappa shape index (κ2) is 5.67. The quantitative estimate of drug-likeness (QED) is 0.531. The molecule has 4 rings (SSSR count). The molecule has 0 unspecified atom stereocenters. The van der Waals surface area contributed by atoms with Crippen LogP contribution in [0.2, 0.25) is 0 Å². The average Bonchev–Trinajstić information content (AvgIpc) is 2.92. The molecule has 0 saturated carbocycles. The number of fused-ring (bicyclic) bond motifs is 3. The third-order valence-corrected chi connectivity index (χ3v) is 3.58. The van der Waals surface area contributed by atoms with E-state index in [1.807, 2.05) is 0 Å². The Morgan fingerprint density at radius 3 is 2.32 bits per heavy atom. The predicted molar refractivity (Wildman–Crippen MR) is 78.4 cm³/mol. The van der Waals surface area contributed by atoms with Crippen LogP contribution in [0.5, 0.6) is 5.88 Å². The zero-order valence-electron chi connectivity index (χ0n) is 12.4. The van der Waals surface area contributed by atoms with E-state index < -0.39 is 11.7 Å². The molecule has 128 valence electrons. The summed E-state index contributed by atoms with van der Waals surface area (Å²) >= 11 is 0. The van der Waals surface area contributed by atoms with Gasteiger partial charge in [0.15, 0.2) is 5.52 Å². The van der Waals surface area contributed by atoms with E-state index in [-0.39, 0.29) is 22.7 Å².